The van der Waals surface area contributed by atoms with E-state index in [-0.39, 0.29) is 17.4 Å². The highest BCUT2D eigenvalue weighted by Gasteiger charge is 2.32. The Bertz CT molecular complexity index is 702. The van der Waals surface area contributed by atoms with Gasteiger partial charge < -0.3 is 9.80 Å². The average molecular weight is 315 g/mol. The van der Waals surface area contributed by atoms with Crippen LogP contribution in [0.1, 0.15) is 33.6 Å². The van der Waals surface area contributed by atoms with Crippen LogP contribution in [0.2, 0.25) is 0 Å². The van der Waals surface area contributed by atoms with E-state index in [2.05, 4.69) is 15.0 Å². The highest BCUT2D eigenvalue weighted by atomic mass is 16.2. The largest absolute Gasteiger partial charge is 0.353 e. The van der Waals surface area contributed by atoms with E-state index in [0.29, 0.717) is 0 Å². The predicted octanol–water partition coefficient (Wildman–Crippen LogP) is 2.20. The number of nitrogens with zero attached hydrogens (tertiary/aromatic N) is 5. The van der Waals surface area contributed by atoms with Crippen molar-refractivity contribution >= 4 is 17.2 Å². The van der Waals surface area contributed by atoms with Gasteiger partial charge in [0.25, 0.3) is 0 Å². The zero-order valence-corrected chi connectivity index (χ0v) is 14.4. The standard InChI is InChI=1S/C17H25N5O/c1-17(2,3)16(23)20(4)13-6-5-10-21(12-13)15-14-7-8-19-22(14)11-9-18-15/h7-9,11,13H,5-6,10,12H2,1-4H3. The van der Waals surface area contributed by atoms with Gasteiger partial charge in [-0.1, -0.05) is 20.8 Å². The number of aromatic nitrogens is 3. The second kappa shape index (κ2) is 5.83. The van der Waals surface area contributed by atoms with Crippen molar-refractivity contribution in [3.8, 4) is 0 Å². The summed E-state index contributed by atoms with van der Waals surface area (Å²) in [6.45, 7) is 7.70. The molecular weight excluding hydrogens is 290 g/mol. The van der Waals surface area contributed by atoms with Crippen LogP contribution in [0.4, 0.5) is 5.82 Å². The van der Waals surface area contributed by atoms with Gasteiger partial charge >= 0.3 is 0 Å². The lowest BCUT2D eigenvalue weighted by molar-refractivity contribution is -0.140. The van der Waals surface area contributed by atoms with E-state index in [1.165, 1.54) is 0 Å². The Morgan fingerprint density at radius 1 is 1.35 bits per heavy atom. The van der Waals surface area contributed by atoms with Gasteiger partial charge in [0, 0.05) is 44.0 Å². The lowest BCUT2D eigenvalue weighted by atomic mass is 9.93. The van der Waals surface area contributed by atoms with Crippen LogP contribution < -0.4 is 4.90 Å². The summed E-state index contributed by atoms with van der Waals surface area (Å²) in [5.41, 5.74) is 0.666. The third-order valence-corrected chi connectivity index (χ3v) is 4.51. The van der Waals surface area contributed by atoms with E-state index in [1.54, 1.807) is 12.4 Å². The molecule has 3 rings (SSSR count). The maximum Gasteiger partial charge on any atom is 0.227 e. The van der Waals surface area contributed by atoms with Gasteiger partial charge in [-0.3, -0.25) is 4.79 Å². The Hall–Kier alpha value is -2.11. The minimum atomic E-state index is -0.346. The molecule has 23 heavy (non-hydrogen) atoms. The second-order valence-electron chi connectivity index (χ2n) is 7.32. The van der Waals surface area contributed by atoms with Crippen molar-refractivity contribution in [1.29, 1.82) is 0 Å². The number of carbonyl (C=O) groups excluding carboxylic acids is 1. The maximum atomic E-state index is 12.6. The van der Waals surface area contributed by atoms with Crippen LogP contribution >= 0.6 is 0 Å². The second-order valence-corrected chi connectivity index (χ2v) is 7.32. The number of fused-ring (bicyclic) bond motifs is 1. The molecule has 6 heteroatoms. The van der Waals surface area contributed by atoms with E-state index < -0.39 is 0 Å². The molecule has 2 aromatic heterocycles. The van der Waals surface area contributed by atoms with Crippen LogP contribution in [0.3, 0.4) is 0 Å². The first-order valence-corrected chi connectivity index (χ1v) is 8.18. The predicted molar refractivity (Wildman–Crippen MR) is 90.4 cm³/mol. The van der Waals surface area contributed by atoms with E-state index in [0.717, 1.165) is 37.3 Å². The number of likely N-dealkylation sites (N-methyl/N-ethyl adjacent to an activating group) is 1. The van der Waals surface area contributed by atoms with Gasteiger partial charge in [0.2, 0.25) is 5.91 Å². The molecule has 3 heterocycles. The van der Waals surface area contributed by atoms with Crippen molar-refractivity contribution in [1.82, 2.24) is 19.5 Å². The Morgan fingerprint density at radius 3 is 2.87 bits per heavy atom. The third-order valence-electron chi connectivity index (χ3n) is 4.51. The molecule has 0 aliphatic carbocycles. The molecule has 0 aromatic carbocycles. The van der Waals surface area contributed by atoms with Gasteiger partial charge in [-0.2, -0.15) is 5.10 Å². The number of anilines is 1. The highest BCUT2D eigenvalue weighted by molar-refractivity contribution is 5.81. The molecule has 1 aliphatic rings. The molecule has 0 saturated carbocycles. The Labute approximate surface area is 137 Å². The topological polar surface area (TPSA) is 53.7 Å². The summed E-state index contributed by atoms with van der Waals surface area (Å²) in [5, 5.41) is 4.27. The summed E-state index contributed by atoms with van der Waals surface area (Å²) in [6.07, 6.45) is 7.52. The van der Waals surface area contributed by atoms with Crippen LogP contribution in [0, 0.1) is 5.41 Å². The van der Waals surface area contributed by atoms with E-state index in [4.69, 9.17) is 0 Å². The molecule has 1 aliphatic heterocycles. The minimum absolute atomic E-state index is 0.194. The summed E-state index contributed by atoms with van der Waals surface area (Å²) < 4.78 is 1.84. The van der Waals surface area contributed by atoms with Crippen LogP contribution in [0.5, 0.6) is 0 Å². The van der Waals surface area contributed by atoms with Gasteiger partial charge in [0.05, 0.1) is 6.20 Å². The highest BCUT2D eigenvalue weighted by Crippen LogP contribution is 2.26. The SMILES string of the molecule is CN(C(=O)C(C)(C)C)C1CCCN(c2nccn3nccc23)C1. The molecule has 1 saturated heterocycles. The molecule has 124 valence electrons. The number of hydrogen-bond donors (Lipinski definition) is 0. The van der Waals surface area contributed by atoms with Crippen LogP contribution in [-0.4, -0.2) is 51.6 Å². The van der Waals surface area contributed by atoms with Gasteiger partial charge in [-0.25, -0.2) is 9.50 Å². The van der Waals surface area contributed by atoms with Gasteiger partial charge in [0.1, 0.15) is 5.52 Å². The lowest BCUT2D eigenvalue weighted by Gasteiger charge is -2.40. The van der Waals surface area contributed by atoms with Crippen molar-refractivity contribution < 1.29 is 4.79 Å². The molecule has 6 nitrogen and oxygen atoms in total. The number of hydrogen-bond acceptors (Lipinski definition) is 4. The number of carbonyl (C=O) groups is 1. The van der Waals surface area contributed by atoms with Crippen molar-refractivity contribution in [3.05, 3.63) is 24.7 Å². The first-order chi connectivity index (χ1) is 10.9. The molecule has 0 radical (unpaired) electrons. The fourth-order valence-corrected chi connectivity index (χ4v) is 3.25. The van der Waals surface area contributed by atoms with Crippen molar-refractivity contribution in [2.45, 2.75) is 39.7 Å². The normalized spacial score (nSPS) is 19.1. The minimum Gasteiger partial charge on any atom is -0.353 e. The quantitative estimate of drug-likeness (QED) is 0.852. The van der Waals surface area contributed by atoms with Crippen molar-refractivity contribution in [3.63, 3.8) is 0 Å². The molecule has 1 amide bonds. The number of rotatable bonds is 2. The Balaban J connectivity index is 1.81. The fraction of sp³-hybridized carbons (Fsp3) is 0.588. The summed E-state index contributed by atoms with van der Waals surface area (Å²) in [7, 11) is 1.93. The van der Waals surface area contributed by atoms with Crippen LogP contribution in [0.15, 0.2) is 24.7 Å². The van der Waals surface area contributed by atoms with Gasteiger partial charge in [-0.15, -0.1) is 0 Å². The summed E-state index contributed by atoms with van der Waals surface area (Å²) in [4.78, 5) is 21.3. The Kier molecular flexibility index (Phi) is 4.00. The van der Waals surface area contributed by atoms with Crippen molar-refractivity contribution in [2.75, 3.05) is 25.0 Å². The third kappa shape index (κ3) is 3.02. The maximum absolute atomic E-state index is 12.6. The number of amides is 1. The van der Waals surface area contributed by atoms with Gasteiger partial charge in [0.15, 0.2) is 5.82 Å². The van der Waals surface area contributed by atoms with Crippen LogP contribution in [0.25, 0.3) is 5.52 Å². The molecule has 1 unspecified atom stereocenters. The molecule has 2 aromatic rings. The molecule has 0 spiro atoms. The van der Waals surface area contributed by atoms with E-state index in [9.17, 15) is 4.79 Å². The first kappa shape index (κ1) is 15.8. The average Bonchev–Trinajstić information content (AvgIpc) is 3.01. The summed E-state index contributed by atoms with van der Waals surface area (Å²) in [5.74, 6) is 1.14. The fourth-order valence-electron chi connectivity index (χ4n) is 3.25. The first-order valence-electron chi connectivity index (χ1n) is 8.18. The summed E-state index contributed by atoms with van der Waals surface area (Å²) >= 11 is 0. The Morgan fingerprint density at radius 2 is 2.13 bits per heavy atom. The number of piperidine rings is 1. The monoisotopic (exact) mass is 315 g/mol. The van der Waals surface area contributed by atoms with Crippen molar-refractivity contribution in [2.24, 2.45) is 5.41 Å². The summed E-state index contributed by atoms with van der Waals surface area (Å²) in [6, 6.07) is 2.20. The smallest absolute Gasteiger partial charge is 0.227 e. The zero-order valence-electron chi connectivity index (χ0n) is 14.4. The van der Waals surface area contributed by atoms with Crippen LogP contribution in [-0.2, 0) is 4.79 Å². The molecule has 0 N–H and O–H groups in total. The zero-order chi connectivity index (χ0) is 16.6. The lowest BCUT2D eigenvalue weighted by Crippen LogP contribution is -2.51. The molecular formula is C17H25N5O. The molecule has 1 atom stereocenters. The molecule has 1 fully saturated rings. The van der Waals surface area contributed by atoms with Gasteiger partial charge in [-0.05, 0) is 18.9 Å². The van der Waals surface area contributed by atoms with E-state index >= 15 is 0 Å². The van der Waals surface area contributed by atoms with E-state index in [1.807, 2.05) is 49.5 Å². The molecule has 0 bridgehead atoms.